The average molecular weight is 340 g/mol. The van der Waals surface area contributed by atoms with Crippen LogP contribution in [0.15, 0.2) is 54.6 Å². The molecule has 25 heavy (non-hydrogen) atoms. The predicted octanol–water partition coefficient (Wildman–Crippen LogP) is 3.53. The molecule has 2 aromatic carbocycles. The van der Waals surface area contributed by atoms with Crippen LogP contribution in [0.5, 0.6) is 11.5 Å². The summed E-state index contributed by atoms with van der Waals surface area (Å²) in [6.07, 6.45) is 1.98. The van der Waals surface area contributed by atoms with Crippen molar-refractivity contribution in [1.82, 2.24) is 0 Å². The Morgan fingerprint density at radius 3 is 2.28 bits per heavy atom. The molecule has 0 N–H and O–H groups in total. The van der Waals surface area contributed by atoms with Crippen LogP contribution in [0.3, 0.4) is 0 Å². The van der Waals surface area contributed by atoms with Crippen molar-refractivity contribution in [2.75, 3.05) is 14.2 Å². The molecule has 0 amide bonds. The van der Waals surface area contributed by atoms with E-state index in [0.29, 0.717) is 17.1 Å². The van der Waals surface area contributed by atoms with Crippen LogP contribution in [-0.4, -0.2) is 32.1 Å². The van der Waals surface area contributed by atoms with Crippen LogP contribution in [0.2, 0.25) is 0 Å². The Labute approximate surface area is 146 Å². The average Bonchev–Trinajstić information content (AvgIpc) is 2.66. The first-order valence-electron chi connectivity index (χ1n) is 7.75. The number of Topliss-reactive ketones (excluding diaryl/α,β-unsaturated/α-hetero) is 1. The van der Waals surface area contributed by atoms with E-state index in [2.05, 4.69) is 0 Å². The van der Waals surface area contributed by atoms with Gasteiger partial charge in [0.2, 0.25) is 5.78 Å². The molecular weight excluding hydrogens is 320 g/mol. The van der Waals surface area contributed by atoms with Gasteiger partial charge in [-0.25, -0.2) is 4.79 Å². The summed E-state index contributed by atoms with van der Waals surface area (Å²) in [5.41, 5.74) is 1.20. The molecule has 0 radical (unpaired) electrons. The predicted molar refractivity (Wildman–Crippen MR) is 94.9 cm³/mol. The summed E-state index contributed by atoms with van der Waals surface area (Å²) in [5, 5.41) is 0. The van der Waals surface area contributed by atoms with E-state index in [0.717, 1.165) is 5.56 Å². The molecule has 0 aliphatic rings. The molecule has 0 bridgehead atoms. The summed E-state index contributed by atoms with van der Waals surface area (Å²) in [4.78, 5) is 24.2. The molecule has 0 aliphatic carbocycles. The van der Waals surface area contributed by atoms with Crippen molar-refractivity contribution in [3.63, 3.8) is 0 Å². The van der Waals surface area contributed by atoms with E-state index in [1.165, 1.54) is 6.08 Å². The van der Waals surface area contributed by atoms with E-state index in [-0.39, 0.29) is 5.78 Å². The largest absolute Gasteiger partial charge is 0.497 e. The van der Waals surface area contributed by atoms with Gasteiger partial charge in [0.05, 0.1) is 14.2 Å². The zero-order valence-corrected chi connectivity index (χ0v) is 14.4. The first-order valence-corrected chi connectivity index (χ1v) is 7.75. The first-order chi connectivity index (χ1) is 12.0. The molecule has 0 fully saturated rings. The second kappa shape index (κ2) is 8.68. The molecule has 0 heterocycles. The summed E-state index contributed by atoms with van der Waals surface area (Å²) < 4.78 is 15.4. The van der Waals surface area contributed by atoms with Gasteiger partial charge in [-0.05, 0) is 43.3 Å². The Balaban J connectivity index is 1.99. The maximum atomic E-state index is 12.3. The second-order valence-corrected chi connectivity index (χ2v) is 5.25. The lowest BCUT2D eigenvalue weighted by Crippen LogP contribution is -2.23. The molecule has 1 atom stereocenters. The fourth-order valence-electron chi connectivity index (χ4n) is 2.22. The van der Waals surface area contributed by atoms with E-state index < -0.39 is 12.1 Å². The van der Waals surface area contributed by atoms with Crippen LogP contribution in [0.25, 0.3) is 6.08 Å². The molecule has 0 saturated heterocycles. The summed E-state index contributed by atoms with van der Waals surface area (Å²) >= 11 is 0. The van der Waals surface area contributed by atoms with E-state index >= 15 is 0 Å². The molecule has 0 aromatic heterocycles. The molecule has 5 nitrogen and oxygen atoms in total. The highest BCUT2D eigenvalue weighted by Crippen LogP contribution is 2.19. The lowest BCUT2D eigenvalue weighted by Gasteiger charge is -2.11. The van der Waals surface area contributed by atoms with E-state index in [4.69, 9.17) is 14.2 Å². The van der Waals surface area contributed by atoms with Gasteiger partial charge in [0.15, 0.2) is 6.10 Å². The second-order valence-electron chi connectivity index (χ2n) is 5.25. The van der Waals surface area contributed by atoms with Crippen LogP contribution in [0.4, 0.5) is 0 Å². The van der Waals surface area contributed by atoms with E-state index in [1.807, 2.05) is 18.2 Å². The Bertz CT molecular complexity index is 762. The van der Waals surface area contributed by atoms with Crippen molar-refractivity contribution in [3.8, 4) is 11.5 Å². The number of rotatable bonds is 7. The van der Waals surface area contributed by atoms with Gasteiger partial charge in [-0.1, -0.05) is 18.2 Å². The highest BCUT2D eigenvalue weighted by atomic mass is 16.5. The number of carbonyl (C=O) groups is 2. The molecule has 0 spiro atoms. The molecule has 0 unspecified atom stereocenters. The fourth-order valence-corrected chi connectivity index (χ4v) is 2.22. The highest BCUT2D eigenvalue weighted by Gasteiger charge is 2.18. The number of ether oxygens (including phenoxy) is 3. The van der Waals surface area contributed by atoms with Gasteiger partial charge >= 0.3 is 5.97 Å². The topological polar surface area (TPSA) is 61.8 Å². The summed E-state index contributed by atoms with van der Waals surface area (Å²) in [5.74, 6) is 0.428. The number of para-hydroxylation sites is 1. The highest BCUT2D eigenvalue weighted by molar-refractivity contribution is 6.01. The van der Waals surface area contributed by atoms with Gasteiger partial charge < -0.3 is 14.2 Å². The minimum Gasteiger partial charge on any atom is -0.497 e. The molecule has 2 aromatic rings. The van der Waals surface area contributed by atoms with Gasteiger partial charge in [0.25, 0.3) is 0 Å². The van der Waals surface area contributed by atoms with E-state index in [1.54, 1.807) is 57.6 Å². The zero-order valence-electron chi connectivity index (χ0n) is 14.4. The molecular formula is C20H20O5. The number of ketones is 1. The Kier molecular flexibility index (Phi) is 6.34. The fraction of sp³-hybridized carbons (Fsp3) is 0.200. The lowest BCUT2D eigenvalue weighted by molar-refractivity contribution is -0.140. The maximum Gasteiger partial charge on any atom is 0.331 e. The third kappa shape index (κ3) is 4.94. The SMILES string of the molecule is COc1ccc(C(=O)[C@H](C)OC(=O)/C=C/c2ccccc2OC)cc1. The van der Waals surface area contributed by atoms with Crippen molar-refractivity contribution in [1.29, 1.82) is 0 Å². The monoisotopic (exact) mass is 340 g/mol. The van der Waals surface area contributed by atoms with Gasteiger partial charge in [-0.3, -0.25) is 4.79 Å². The number of methoxy groups -OCH3 is 2. The standard InChI is InChI=1S/C20H20O5/c1-14(20(22)16-8-11-17(23-2)12-9-16)25-19(21)13-10-15-6-4-5-7-18(15)24-3/h4-14H,1-3H3/b13-10+/t14-/m0/s1. The summed E-state index contributed by atoms with van der Waals surface area (Å²) in [6.45, 7) is 1.54. The van der Waals surface area contributed by atoms with Crippen LogP contribution in [-0.2, 0) is 9.53 Å². The summed E-state index contributed by atoms with van der Waals surface area (Å²) in [7, 11) is 3.11. The molecule has 130 valence electrons. The van der Waals surface area contributed by atoms with Crippen molar-refractivity contribution in [2.45, 2.75) is 13.0 Å². The van der Waals surface area contributed by atoms with Gasteiger partial charge in [0, 0.05) is 17.2 Å². The molecule has 0 aliphatic heterocycles. The number of hydrogen-bond donors (Lipinski definition) is 0. The minimum atomic E-state index is -0.886. The van der Waals surface area contributed by atoms with Gasteiger partial charge in [-0.2, -0.15) is 0 Å². The van der Waals surface area contributed by atoms with Gasteiger partial charge in [0.1, 0.15) is 11.5 Å². The lowest BCUT2D eigenvalue weighted by atomic mass is 10.1. The first kappa shape index (κ1) is 18.3. The third-order valence-corrected chi connectivity index (χ3v) is 3.57. The van der Waals surface area contributed by atoms with Crippen molar-refractivity contribution in [3.05, 3.63) is 65.7 Å². The zero-order chi connectivity index (χ0) is 18.2. The summed E-state index contributed by atoms with van der Waals surface area (Å²) in [6, 6.07) is 13.9. The number of esters is 1. The maximum absolute atomic E-state index is 12.3. The van der Waals surface area contributed by atoms with Crippen molar-refractivity contribution < 1.29 is 23.8 Å². The molecule has 2 rings (SSSR count). The Hall–Kier alpha value is -3.08. The number of benzene rings is 2. The minimum absolute atomic E-state index is 0.276. The number of hydrogen-bond acceptors (Lipinski definition) is 5. The van der Waals surface area contributed by atoms with Crippen molar-refractivity contribution >= 4 is 17.8 Å². The number of carbonyl (C=O) groups excluding carboxylic acids is 2. The molecule has 5 heteroatoms. The van der Waals surface area contributed by atoms with Crippen LogP contribution >= 0.6 is 0 Å². The Morgan fingerprint density at radius 1 is 0.960 bits per heavy atom. The normalized spacial score (nSPS) is 11.8. The van der Waals surface area contributed by atoms with Crippen LogP contribution in [0.1, 0.15) is 22.8 Å². The quantitative estimate of drug-likeness (QED) is 0.438. The van der Waals surface area contributed by atoms with Crippen LogP contribution < -0.4 is 9.47 Å². The van der Waals surface area contributed by atoms with Crippen molar-refractivity contribution in [2.24, 2.45) is 0 Å². The van der Waals surface area contributed by atoms with Crippen LogP contribution in [0, 0.1) is 0 Å². The van der Waals surface area contributed by atoms with E-state index in [9.17, 15) is 9.59 Å². The Morgan fingerprint density at radius 2 is 1.64 bits per heavy atom. The molecule has 0 saturated carbocycles. The third-order valence-electron chi connectivity index (χ3n) is 3.57. The smallest absolute Gasteiger partial charge is 0.331 e. The van der Waals surface area contributed by atoms with Gasteiger partial charge in [-0.15, -0.1) is 0 Å².